The third-order valence-electron chi connectivity index (χ3n) is 3.75. The summed E-state index contributed by atoms with van der Waals surface area (Å²) in [5.41, 5.74) is 1.44. The largest absolute Gasteiger partial charge is 0.383 e. The van der Waals surface area contributed by atoms with Crippen molar-refractivity contribution in [2.45, 2.75) is 25.8 Å². The summed E-state index contributed by atoms with van der Waals surface area (Å²) >= 11 is 0. The smallest absolute Gasteiger partial charge is 0.272 e. The first kappa shape index (κ1) is 14.8. The van der Waals surface area contributed by atoms with Crippen molar-refractivity contribution in [2.24, 2.45) is 0 Å². The molecule has 20 heavy (non-hydrogen) atoms. The van der Waals surface area contributed by atoms with Crippen molar-refractivity contribution < 1.29 is 4.79 Å². The summed E-state index contributed by atoms with van der Waals surface area (Å²) < 4.78 is 0. The van der Waals surface area contributed by atoms with E-state index in [0.717, 1.165) is 12.2 Å². The average molecular weight is 276 g/mol. The van der Waals surface area contributed by atoms with Gasteiger partial charge in [-0.2, -0.15) is 0 Å². The lowest BCUT2D eigenvalue weighted by Crippen LogP contribution is -2.35. The van der Waals surface area contributed by atoms with Gasteiger partial charge in [0, 0.05) is 38.6 Å². The van der Waals surface area contributed by atoms with Crippen molar-refractivity contribution in [3.05, 3.63) is 24.0 Å². The monoisotopic (exact) mass is 276 g/mol. The molecule has 0 bridgehead atoms. The van der Waals surface area contributed by atoms with Crippen molar-refractivity contribution in [1.82, 2.24) is 14.8 Å². The summed E-state index contributed by atoms with van der Waals surface area (Å²) in [7, 11) is 3.47. The summed E-state index contributed by atoms with van der Waals surface area (Å²) in [6.07, 6.45) is 4.29. The topological polar surface area (TPSA) is 48.5 Å². The minimum Gasteiger partial charge on any atom is -0.383 e. The number of aromatic nitrogens is 1. The molecule has 1 atom stereocenters. The van der Waals surface area contributed by atoms with Crippen LogP contribution in [-0.2, 0) is 0 Å². The molecule has 5 heteroatoms. The summed E-state index contributed by atoms with van der Waals surface area (Å²) in [6, 6.07) is 4.24. The fourth-order valence-corrected chi connectivity index (χ4v) is 2.46. The van der Waals surface area contributed by atoms with Gasteiger partial charge in [0.2, 0.25) is 0 Å². The number of carbonyl (C=O) groups excluding carboxylic acids is 1. The molecule has 1 aliphatic heterocycles. The van der Waals surface area contributed by atoms with E-state index in [4.69, 9.17) is 0 Å². The van der Waals surface area contributed by atoms with Crippen LogP contribution >= 0.6 is 0 Å². The van der Waals surface area contributed by atoms with Crippen LogP contribution in [0.25, 0.3) is 0 Å². The molecule has 5 nitrogen and oxygen atoms in total. The molecule has 0 spiro atoms. The highest BCUT2D eigenvalue weighted by atomic mass is 16.2. The van der Waals surface area contributed by atoms with E-state index in [1.165, 1.54) is 25.9 Å². The van der Waals surface area contributed by atoms with E-state index < -0.39 is 0 Å². The van der Waals surface area contributed by atoms with Gasteiger partial charge in [-0.1, -0.05) is 0 Å². The molecule has 1 amide bonds. The molecule has 1 aromatic heterocycles. The summed E-state index contributed by atoms with van der Waals surface area (Å²) in [6.45, 7) is 5.53. The number of likely N-dealkylation sites (tertiary alicyclic amines) is 1. The Bertz CT molecular complexity index is 455. The Morgan fingerprint density at radius 3 is 2.80 bits per heavy atom. The van der Waals surface area contributed by atoms with E-state index in [9.17, 15) is 4.79 Å². The van der Waals surface area contributed by atoms with Crippen LogP contribution in [0.15, 0.2) is 18.3 Å². The SMILES string of the molecule is CC(CNc1ccnc(C(=O)N(C)C)c1)N1CCCC1. The lowest BCUT2D eigenvalue weighted by Gasteiger charge is -2.24. The fraction of sp³-hybridized carbons (Fsp3) is 0.600. The highest BCUT2D eigenvalue weighted by Gasteiger charge is 2.17. The third-order valence-corrected chi connectivity index (χ3v) is 3.75. The molecular formula is C15H24N4O. The summed E-state index contributed by atoms with van der Waals surface area (Å²) in [5, 5.41) is 3.40. The molecule has 1 saturated heterocycles. The zero-order chi connectivity index (χ0) is 14.5. The highest BCUT2D eigenvalue weighted by Crippen LogP contribution is 2.13. The highest BCUT2D eigenvalue weighted by molar-refractivity contribution is 5.92. The number of pyridine rings is 1. The maximum absolute atomic E-state index is 11.9. The Kier molecular flexibility index (Phi) is 4.95. The standard InChI is InChI=1S/C15H24N4O/c1-12(19-8-4-5-9-19)11-17-13-6-7-16-14(10-13)15(20)18(2)3/h6-7,10,12H,4-5,8-9,11H2,1-3H3,(H,16,17). The van der Waals surface area contributed by atoms with Crippen molar-refractivity contribution in [3.63, 3.8) is 0 Å². The second kappa shape index (κ2) is 6.70. The zero-order valence-electron chi connectivity index (χ0n) is 12.6. The van der Waals surface area contributed by atoms with E-state index in [0.29, 0.717) is 11.7 Å². The van der Waals surface area contributed by atoms with Crippen LogP contribution in [0.5, 0.6) is 0 Å². The Hall–Kier alpha value is -1.62. The molecule has 0 radical (unpaired) electrons. The van der Waals surface area contributed by atoms with Crippen molar-refractivity contribution in [1.29, 1.82) is 0 Å². The second-order valence-corrected chi connectivity index (χ2v) is 5.60. The zero-order valence-corrected chi connectivity index (χ0v) is 12.6. The van der Waals surface area contributed by atoms with E-state index in [2.05, 4.69) is 22.1 Å². The van der Waals surface area contributed by atoms with E-state index in [-0.39, 0.29) is 5.91 Å². The average Bonchev–Trinajstić information content (AvgIpc) is 2.98. The molecule has 1 aliphatic rings. The van der Waals surface area contributed by atoms with Crippen molar-refractivity contribution in [2.75, 3.05) is 39.0 Å². The lowest BCUT2D eigenvalue weighted by molar-refractivity contribution is 0.0822. The van der Waals surface area contributed by atoms with Crippen molar-refractivity contribution in [3.8, 4) is 0 Å². The van der Waals surface area contributed by atoms with Gasteiger partial charge in [0.15, 0.2) is 0 Å². The maximum Gasteiger partial charge on any atom is 0.272 e. The van der Waals surface area contributed by atoms with Crippen LogP contribution < -0.4 is 5.32 Å². The Labute approximate surface area is 121 Å². The quantitative estimate of drug-likeness (QED) is 0.889. The molecule has 1 aromatic rings. The maximum atomic E-state index is 11.9. The molecular weight excluding hydrogens is 252 g/mol. The number of amides is 1. The van der Waals surface area contributed by atoms with Gasteiger partial charge < -0.3 is 10.2 Å². The van der Waals surface area contributed by atoms with Crippen molar-refractivity contribution >= 4 is 11.6 Å². The van der Waals surface area contributed by atoms with E-state index >= 15 is 0 Å². The summed E-state index contributed by atoms with van der Waals surface area (Å²) in [5.74, 6) is -0.0683. The van der Waals surface area contributed by atoms with Gasteiger partial charge in [0.25, 0.3) is 5.91 Å². The number of rotatable bonds is 5. The first-order chi connectivity index (χ1) is 9.58. The van der Waals surface area contributed by atoms with Gasteiger partial charge in [-0.05, 0) is 45.0 Å². The molecule has 0 aliphatic carbocycles. The van der Waals surface area contributed by atoms with Crippen LogP contribution in [0.4, 0.5) is 5.69 Å². The first-order valence-corrected chi connectivity index (χ1v) is 7.23. The Morgan fingerprint density at radius 1 is 1.45 bits per heavy atom. The fourth-order valence-electron chi connectivity index (χ4n) is 2.46. The number of hydrogen-bond donors (Lipinski definition) is 1. The first-order valence-electron chi connectivity index (χ1n) is 7.23. The van der Waals surface area contributed by atoms with Crippen LogP contribution in [0.2, 0.25) is 0 Å². The predicted octanol–water partition coefficient (Wildman–Crippen LogP) is 1.68. The summed E-state index contributed by atoms with van der Waals surface area (Å²) in [4.78, 5) is 20.0. The molecule has 2 heterocycles. The molecule has 1 unspecified atom stereocenters. The van der Waals surface area contributed by atoms with Gasteiger partial charge in [0.1, 0.15) is 5.69 Å². The van der Waals surface area contributed by atoms with Gasteiger partial charge in [-0.25, -0.2) is 0 Å². The Morgan fingerprint density at radius 2 is 2.15 bits per heavy atom. The molecule has 2 rings (SSSR count). The van der Waals surface area contributed by atoms with Gasteiger partial charge >= 0.3 is 0 Å². The number of nitrogens with one attached hydrogen (secondary N) is 1. The molecule has 1 N–H and O–H groups in total. The van der Waals surface area contributed by atoms with Gasteiger partial charge in [-0.3, -0.25) is 14.7 Å². The normalized spacial score (nSPS) is 16.9. The van der Waals surface area contributed by atoms with E-state index in [1.807, 2.05) is 12.1 Å². The molecule has 110 valence electrons. The van der Waals surface area contributed by atoms with Gasteiger partial charge in [-0.15, -0.1) is 0 Å². The number of carbonyl (C=O) groups is 1. The number of anilines is 1. The molecule has 0 saturated carbocycles. The van der Waals surface area contributed by atoms with Crippen LogP contribution in [0.3, 0.4) is 0 Å². The van der Waals surface area contributed by atoms with Crippen LogP contribution in [0.1, 0.15) is 30.3 Å². The number of nitrogens with zero attached hydrogens (tertiary/aromatic N) is 3. The van der Waals surface area contributed by atoms with Crippen LogP contribution in [-0.4, -0.2) is 60.5 Å². The molecule has 1 fully saturated rings. The van der Waals surface area contributed by atoms with E-state index in [1.54, 1.807) is 25.2 Å². The minimum atomic E-state index is -0.0683. The minimum absolute atomic E-state index is 0.0683. The lowest BCUT2D eigenvalue weighted by atomic mass is 10.2. The molecule has 0 aromatic carbocycles. The predicted molar refractivity (Wildman–Crippen MR) is 81.0 cm³/mol. The third kappa shape index (κ3) is 3.70. The Balaban J connectivity index is 1.92. The number of hydrogen-bond acceptors (Lipinski definition) is 4. The van der Waals surface area contributed by atoms with Gasteiger partial charge in [0.05, 0.1) is 0 Å². The second-order valence-electron chi connectivity index (χ2n) is 5.60. The van der Waals surface area contributed by atoms with Crippen LogP contribution in [0, 0.1) is 0 Å².